The molecule has 8 aromatic rings. The van der Waals surface area contributed by atoms with Crippen LogP contribution in [-0.4, -0.2) is 6.71 Å². The molecular formula is C68H73BN2. The van der Waals surface area contributed by atoms with Gasteiger partial charge >= 0.3 is 0 Å². The van der Waals surface area contributed by atoms with Gasteiger partial charge in [-0.1, -0.05) is 225 Å². The van der Waals surface area contributed by atoms with Crippen molar-refractivity contribution in [3.05, 3.63) is 198 Å². The second kappa shape index (κ2) is 17.0. The van der Waals surface area contributed by atoms with Gasteiger partial charge in [-0.25, -0.2) is 0 Å². The molecule has 0 aromatic heterocycles. The van der Waals surface area contributed by atoms with Crippen LogP contribution in [0.1, 0.15) is 132 Å². The Morgan fingerprint density at radius 2 is 0.690 bits per heavy atom. The highest BCUT2D eigenvalue weighted by Gasteiger charge is 2.45. The van der Waals surface area contributed by atoms with Crippen molar-refractivity contribution in [3.8, 4) is 33.4 Å². The molecule has 358 valence electrons. The molecule has 0 bridgehead atoms. The largest absolute Gasteiger partial charge is 0.311 e. The van der Waals surface area contributed by atoms with E-state index in [0.29, 0.717) is 0 Å². The highest BCUT2D eigenvalue weighted by molar-refractivity contribution is 7.00. The van der Waals surface area contributed by atoms with Crippen LogP contribution < -0.4 is 26.2 Å². The zero-order valence-corrected chi connectivity index (χ0v) is 45.1. The van der Waals surface area contributed by atoms with Crippen molar-refractivity contribution in [2.75, 3.05) is 9.80 Å². The smallest absolute Gasteiger partial charge is 0.252 e. The minimum atomic E-state index is -0.0771. The summed E-state index contributed by atoms with van der Waals surface area (Å²) in [5, 5.41) is 0. The van der Waals surface area contributed by atoms with E-state index >= 15 is 0 Å². The second-order valence-electron chi connectivity index (χ2n) is 25.6. The maximum Gasteiger partial charge on any atom is 0.252 e. The first-order chi connectivity index (χ1) is 33.4. The van der Waals surface area contributed by atoms with Crippen LogP contribution in [0.5, 0.6) is 0 Å². The van der Waals surface area contributed by atoms with E-state index in [1.165, 1.54) is 112 Å². The number of hydrogen-bond acceptors (Lipinski definition) is 2. The Morgan fingerprint density at radius 3 is 1.11 bits per heavy atom. The number of fused-ring (bicyclic) bond motifs is 4. The van der Waals surface area contributed by atoms with Crippen molar-refractivity contribution in [1.29, 1.82) is 0 Å². The summed E-state index contributed by atoms with van der Waals surface area (Å²) < 4.78 is 0. The summed E-state index contributed by atoms with van der Waals surface area (Å²) in [7, 11) is 0. The highest BCUT2D eigenvalue weighted by Crippen LogP contribution is 2.51. The molecule has 2 aliphatic rings. The maximum absolute atomic E-state index is 2.65. The van der Waals surface area contributed by atoms with Gasteiger partial charge in [0.15, 0.2) is 0 Å². The lowest BCUT2D eigenvalue weighted by Crippen LogP contribution is -2.61. The number of rotatable bonds is 5. The van der Waals surface area contributed by atoms with Gasteiger partial charge in [0.25, 0.3) is 6.71 Å². The zero-order chi connectivity index (χ0) is 50.6. The average molecular weight is 929 g/mol. The number of para-hydroxylation sites is 1. The van der Waals surface area contributed by atoms with Gasteiger partial charge < -0.3 is 9.80 Å². The number of anilines is 6. The molecule has 0 unspecified atom stereocenters. The second-order valence-corrected chi connectivity index (χ2v) is 25.6. The average Bonchev–Trinajstić information content (AvgIpc) is 3.32. The Hall–Kier alpha value is -6.58. The minimum absolute atomic E-state index is 0.0196. The van der Waals surface area contributed by atoms with Crippen molar-refractivity contribution in [2.24, 2.45) is 0 Å². The topological polar surface area (TPSA) is 6.48 Å². The number of benzene rings is 8. The van der Waals surface area contributed by atoms with Crippen LogP contribution in [0.3, 0.4) is 0 Å². The van der Waals surface area contributed by atoms with Crippen LogP contribution >= 0.6 is 0 Å². The van der Waals surface area contributed by atoms with Crippen molar-refractivity contribution in [1.82, 2.24) is 0 Å². The minimum Gasteiger partial charge on any atom is -0.311 e. The highest BCUT2D eigenvalue weighted by atomic mass is 15.2. The Kier molecular flexibility index (Phi) is 11.5. The summed E-state index contributed by atoms with van der Waals surface area (Å²) in [6.07, 6.45) is 0. The monoisotopic (exact) mass is 929 g/mol. The molecule has 0 N–H and O–H groups in total. The standard InChI is InChI=1S/C68H73BN2/c1-64(2,3)47-33-34-59-57(43-47)69-56-31-22-23-32-58(56)70(52-39-48(65(4,5)6)37-49(40-52)66(7,8)9)60-35-46(62-54(44-25-18-16-19-26-44)29-24-30-55(62)45-27-20-17-21-28-45)36-61(63(60)69)71(59)53-41-50(67(10,11)12)38-51(42-53)68(13,14)15/h16-43H,1-15H3. The molecule has 0 spiro atoms. The molecule has 0 aliphatic carbocycles. The summed E-state index contributed by atoms with van der Waals surface area (Å²) in [5.41, 5.74) is 24.8. The van der Waals surface area contributed by atoms with Crippen LogP contribution in [0.25, 0.3) is 33.4 Å². The SMILES string of the molecule is CC(C)(C)c1cc(N2c3ccccc3B3c4cc(C(C)(C)C)ccc4N(c4cc(C(C)(C)C)cc(C(C)(C)C)c4)c4cc(-c5c(-c6ccccc6)cccc5-c5ccccc5)cc2c43)cc(C(C)(C)C)c1. The third-order valence-electron chi connectivity index (χ3n) is 15.2. The molecule has 0 amide bonds. The van der Waals surface area contributed by atoms with E-state index in [9.17, 15) is 0 Å². The normalized spacial score (nSPS) is 13.8. The van der Waals surface area contributed by atoms with E-state index in [4.69, 9.17) is 0 Å². The van der Waals surface area contributed by atoms with E-state index < -0.39 is 0 Å². The van der Waals surface area contributed by atoms with Gasteiger partial charge in [-0.05, 0) is 153 Å². The van der Waals surface area contributed by atoms with E-state index in [2.05, 4.69) is 284 Å². The third kappa shape index (κ3) is 8.74. The summed E-state index contributed by atoms with van der Waals surface area (Å²) in [5.74, 6) is 0. The molecule has 2 aliphatic heterocycles. The van der Waals surface area contributed by atoms with E-state index in [1.54, 1.807) is 0 Å². The summed E-state index contributed by atoms with van der Waals surface area (Å²) in [6, 6.07) is 65.5. The third-order valence-corrected chi connectivity index (χ3v) is 15.2. The van der Waals surface area contributed by atoms with E-state index in [0.717, 1.165) is 0 Å². The van der Waals surface area contributed by atoms with Gasteiger partial charge in [0.05, 0.1) is 0 Å². The fourth-order valence-electron chi connectivity index (χ4n) is 10.9. The van der Waals surface area contributed by atoms with Crippen LogP contribution in [0.4, 0.5) is 34.1 Å². The fourth-order valence-corrected chi connectivity index (χ4v) is 10.9. The number of hydrogen-bond donors (Lipinski definition) is 0. The predicted molar refractivity (Wildman–Crippen MR) is 310 cm³/mol. The van der Waals surface area contributed by atoms with Gasteiger partial charge in [-0.15, -0.1) is 0 Å². The molecule has 10 rings (SSSR count). The van der Waals surface area contributed by atoms with Gasteiger partial charge in [-0.2, -0.15) is 0 Å². The van der Waals surface area contributed by atoms with Gasteiger partial charge in [0, 0.05) is 34.1 Å². The van der Waals surface area contributed by atoms with Crippen molar-refractivity contribution in [3.63, 3.8) is 0 Å². The summed E-state index contributed by atoms with van der Waals surface area (Å²) in [6.45, 7) is 35.3. The lowest BCUT2D eigenvalue weighted by molar-refractivity contribution is 0.568. The zero-order valence-electron chi connectivity index (χ0n) is 45.1. The Balaban J connectivity index is 1.41. The molecule has 71 heavy (non-hydrogen) atoms. The van der Waals surface area contributed by atoms with Crippen LogP contribution in [-0.2, 0) is 27.1 Å². The predicted octanol–water partition coefficient (Wildman–Crippen LogP) is 17.3. The Bertz CT molecular complexity index is 3190. The molecule has 2 heterocycles. The molecule has 0 atom stereocenters. The molecular weight excluding hydrogens is 856 g/mol. The van der Waals surface area contributed by atoms with E-state index in [-0.39, 0.29) is 33.8 Å². The Labute approximate surface area is 426 Å². The van der Waals surface area contributed by atoms with Crippen LogP contribution in [0.15, 0.2) is 170 Å². The molecule has 0 saturated heterocycles. The van der Waals surface area contributed by atoms with E-state index in [1.807, 2.05) is 0 Å². The van der Waals surface area contributed by atoms with Gasteiger partial charge in [-0.3, -0.25) is 0 Å². The lowest BCUT2D eigenvalue weighted by Gasteiger charge is -2.45. The first-order valence-corrected chi connectivity index (χ1v) is 26.0. The van der Waals surface area contributed by atoms with Gasteiger partial charge in [0.1, 0.15) is 0 Å². The molecule has 2 nitrogen and oxygen atoms in total. The van der Waals surface area contributed by atoms with Crippen molar-refractivity contribution in [2.45, 2.75) is 131 Å². The Morgan fingerprint density at radius 1 is 0.296 bits per heavy atom. The summed E-state index contributed by atoms with van der Waals surface area (Å²) in [4.78, 5) is 5.28. The van der Waals surface area contributed by atoms with Crippen LogP contribution in [0.2, 0.25) is 0 Å². The first kappa shape index (κ1) is 48.1. The molecule has 0 saturated carbocycles. The first-order valence-electron chi connectivity index (χ1n) is 26.0. The maximum atomic E-state index is 2.65. The van der Waals surface area contributed by atoms with Crippen molar-refractivity contribution >= 4 is 57.2 Å². The van der Waals surface area contributed by atoms with Crippen molar-refractivity contribution < 1.29 is 0 Å². The fraction of sp³-hybridized carbons (Fsp3) is 0.294. The molecule has 3 heteroatoms. The molecule has 0 radical (unpaired) electrons. The quantitative estimate of drug-likeness (QED) is 0.159. The molecule has 0 fully saturated rings. The van der Waals surface area contributed by atoms with Crippen LogP contribution in [0, 0.1) is 0 Å². The molecule has 8 aromatic carbocycles. The van der Waals surface area contributed by atoms with Gasteiger partial charge in [0.2, 0.25) is 0 Å². The number of nitrogens with zero attached hydrogens (tertiary/aromatic N) is 2. The lowest BCUT2D eigenvalue weighted by atomic mass is 9.33. The summed E-state index contributed by atoms with van der Waals surface area (Å²) >= 11 is 0.